The predicted octanol–water partition coefficient (Wildman–Crippen LogP) is 3.53. The highest BCUT2D eigenvalue weighted by Gasteiger charge is 2.00. The van der Waals surface area contributed by atoms with Gasteiger partial charge in [-0.15, -0.1) is 0 Å². The number of anilines is 1. The molecule has 0 aliphatic carbocycles. The van der Waals surface area contributed by atoms with Crippen LogP contribution in [0.3, 0.4) is 0 Å². The van der Waals surface area contributed by atoms with Crippen LogP contribution in [0.4, 0.5) is 5.82 Å². The lowest BCUT2D eigenvalue weighted by molar-refractivity contribution is 1.22. The monoisotopic (exact) mass is 239 g/mol. The van der Waals surface area contributed by atoms with Gasteiger partial charge >= 0.3 is 0 Å². The van der Waals surface area contributed by atoms with Gasteiger partial charge in [-0.1, -0.05) is 18.2 Å². The molecule has 0 aliphatic rings. The molecule has 1 aromatic carbocycles. The molecule has 2 aromatic rings. The summed E-state index contributed by atoms with van der Waals surface area (Å²) in [4.78, 5) is 4.16. The van der Waals surface area contributed by atoms with Gasteiger partial charge in [-0.05, 0) is 55.7 Å². The molecule has 0 radical (unpaired) electrons. The number of nitrogens with zero attached hydrogens (tertiary/aromatic N) is 2. The van der Waals surface area contributed by atoms with E-state index < -0.39 is 0 Å². The molecule has 0 aliphatic heterocycles. The fraction of sp³-hybridized carbons (Fsp3) is 0.200. The van der Waals surface area contributed by atoms with Crippen LogP contribution in [-0.4, -0.2) is 10.7 Å². The quantitative estimate of drug-likeness (QED) is 0.657. The number of hydrogen-bond donors (Lipinski definition) is 1. The summed E-state index contributed by atoms with van der Waals surface area (Å²) in [6.07, 6.45) is 1.74. The Morgan fingerprint density at radius 1 is 1.11 bits per heavy atom. The molecule has 0 atom stereocenters. The van der Waals surface area contributed by atoms with E-state index in [1.165, 1.54) is 11.1 Å². The van der Waals surface area contributed by atoms with Gasteiger partial charge in [0, 0.05) is 6.20 Å². The average Bonchev–Trinajstić information content (AvgIpc) is 2.40. The maximum absolute atomic E-state index is 4.34. The maximum Gasteiger partial charge on any atom is 0.146 e. The number of benzene rings is 1. The number of aryl methyl sites for hydroxylation is 2. The van der Waals surface area contributed by atoms with Crippen molar-refractivity contribution in [1.82, 2.24) is 4.98 Å². The first-order valence-corrected chi connectivity index (χ1v) is 5.96. The molecule has 0 bridgehead atoms. The molecule has 2 rings (SSSR count). The Balaban J connectivity index is 2.15. The lowest BCUT2D eigenvalue weighted by atomic mass is 10.0. The summed E-state index contributed by atoms with van der Waals surface area (Å²) >= 11 is 0. The minimum absolute atomic E-state index is 0.751. The van der Waals surface area contributed by atoms with Crippen molar-refractivity contribution in [3.8, 4) is 0 Å². The highest BCUT2D eigenvalue weighted by atomic mass is 15.3. The number of rotatable bonds is 3. The minimum Gasteiger partial charge on any atom is -0.261 e. The zero-order valence-electron chi connectivity index (χ0n) is 10.9. The van der Waals surface area contributed by atoms with E-state index in [0.29, 0.717) is 0 Å². The van der Waals surface area contributed by atoms with Crippen LogP contribution < -0.4 is 5.43 Å². The smallest absolute Gasteiger partial charge is 0.146 e. The lowest BCUT2D eigenvalue weighted by Gasteiger charge is -2.05. The Labute approximate surface area is 108 Å². The van der Waals surface area contributed by atoms with Crippen molar-refractivity contribution in [3.05, 3.63) is 59.3 Å². The summed E-state index contributed by atoms with van der Waals surface area (Å²) in [6.45, 7) is 6.20. The summed E-state index contributed by atoms with van der Waals surface area (Å²) in [5, 5.41) is 4.34. The highest BCUT2D eigenvalue weighted by molar-refractivity contribution is 5.99. The van der Waals surface area contributed by atoms with E-state index in [0.717, 1.165) is 17.1 Å². The van der Waals surface area contributed by atoms with Gasteiger partial charge < -0.3 is 0 Å². The molecular formula is C15H17N3. The summed E-state index contributed by atoms with van der Waals surface area (Å²) in [7, 11) is 0. The van der Waals surface area contributed by atoms with E-state index in [-0.39, 0.29) is 0 Å². The van der Waals surface area contributed by atoms with Crippen molar-refractivity contribution in [3.63, 3.8) is 0 Å². The second kappa shape index (κ2) is 5.45. The van der Waals surface area contributed by atoms with Crippen LogP contribution in [0.1, 0.15) is 23.6 Å². The SMILES string of the molecule is CC(=NNc1ccccn1)c1ccc(C)c(C)c1. The van der Waals surface area contributed by atoms with Crippen molar-refractivity contribution in [2.45, 2.75) is 20.8 Å². The Hall–Kier alpha value is -2.16. The van der Waals surface area contributed by atoms with Gasteiger partial charge in [0.2, 0.25) is 0 Å². The Morgan fingerprint density at radius 2 is 1.94 bits per heavy atom. The minimum atomic E-state index is 0.751. The van der Waals surface area contributed by atoms with Gasteiger partial charge in [0.15, 0.2) is 0 Å². The fourth-order valence-corrected chi connectivity index (χ4v) is 1.60. The average molecular weight is 239 g/mol. The third-order valence-corrected chi connectivity index (χ3v) is 2.93. The van der Waals surface area contributed by atoms with E-state index >= 15 is 0 Å². The summed E-state index contributed by atoms with van der Waals surface area (Å²) in [6, 6.07) is 12.0. The molecule has 3 nitrogen and oxygen atoms in total. The molecule has 3 heteroatoms. The molecule has 1 aromatic heterocycles. The van der Waals surface area contributed by atoms with Crippen molar-refractivity contribution in [2.24, 2.45) is 5.10 Å². The van der Waals surface area contributed by atoms with E-state index in [2.05, 4.69) is 47.6 Å². The molecule has 0 saturated heterocycles. The predicted molar refractivity (Wildman–Crippen MR) is 76.0 cm³/mol. The van der Waals surface area contributed by atoms with Gasteiger partial charge in [-0.3, -0.25) is 5.43 Å². The molecular weight excluding hydrogens is 222 g/mol. The van der Waals surface area contributed by atoms with Crippen LogP contribution >= 0.6 is 0 Å². The summed E-state index contributed by atoms with van der Waals surface area (Å²) in [5.74, 6) is 0.751. The van der Waals surface area contributed by atoms with Crippen LogP contribution in [-0.2, 0) is 0 Å². The molecule has 0 spiro atoms. The van der Waals surface area contributed by atoms with Crippen LogP contribution in [0.25, 0.3) is 0 Å². The number of nitrogens with one attached hydrogen (secondary N) is 1. The van der Waals surface area contributed by atoms with Crippen LogP contribution in [0.2, 0.25) is 0 Å². The van der Waals surface area contributed by atoms with Gasteiger partial charge in [0.05, 0.1) is 5.71 Å². The van der Waals surface area contributed by atoms with Gasteiger partial charge in [-0.25, -0.2) is 4.98 Å². The number of hydrogen-bond acceptors (Lipinski definition) is 3. The van der Waals surface area contributed by atoms with Crippen molar-refractivity contribution in [2.75, 3.05) is 5.43 Å². The van der Waals surface area contributed by atoms with Crippen molar-refractivity contribution >= 4 is 11.5 Å². The van der Waals surface area contributed by atoms with Crippen LogP contribution in [0.5, 0.6) is 0 Å². The van der Waals surface area contributed by atoms with Gasteiger partial charge in [-0.2, -0.15) is 5.10 Å². The molecule has 1 N–H and O–H groups in total. The molecule has 0 fully saturated rings. The first-order chi connectivity index (χ1) is 8.66. The third-order valence-electron chi connectivity index (χ3n) is 2.93. The van der Waals surface area contributed by atoms with Crippen molar-refractivity contribution < 1.29 is 0 Å². The second-order valence-corrected chi connectivity index (χ2v) is 4.32. The molecule has 18 heavy (non-hydrogen) atoms. The Bertz CT molecular complexity index is 559. The van der Waals surface area contributed by atoms with Gasteiger partial charge in [0.25, 0.3) is 0 Å². The van der Waals surface area contributed by atoms with Crippen LogP contribution in [0, 0.1) is 13.8 Å². The summed E-state index contributed by atoms with van der Waals surface area (Å²) < 4.78 is 0. The summed E-state index contributed by atoms with van der Waals surface area (Å²) in [5.41, 5.74) is 7.60. The van der Waals surface area contributed by atoms with Gasteiger partial charge in [0.1, 0.15) is 5.82 Å². The first kappa shape index (κ1) is 12.3. The fourth-order valence-electron chi connectivity index (χ4n) is 1.60. The first-order valence-electron chi connectivity index (χ1n) is 5.96. The molecule has 0 unspecified atom stereocenters. The highest BCUT2D eigenvalue weighted by Crippen LogP contribution is 2.11. The molecule has 0 amide bonds. The van der Waals surface area contributed by atoms with Crippen molar-refractivity contribution in [1.29, 1.82) is 0 Å². The molecule has 1 heterocycles. The maximum atomic E-state index is 4.34. The topological polar surface area (TPSA) is 37.3 Å². The Kier molecular flexibility index (Phi) is 3.72. The number of pyridine rings is 1. The van der Waals surface area contributed by atoms with Crippen LogP contribution in [0.15, 0.2) is 47.7 Å². The number of hydrazone groups is 1. The molecule has 92 valence electrons. The largest absolute Gasteiger partial charge is 0.261 e. The third kappa shape index (κ3) is 2.94. The van der Waals surface area contributed by atoms with E-state index in [9.17, 15) is 0 Å². The zero-order valence-corrected chi connectivity index (χ0v) is 10.9. The lowest BCUT2D eigenvalue weighted by Crippen LogP contribution is -2.01. The van der Waals surface area contributed by atoms with E-state index in [1.807, 2.05) is 25.1 Å². The standard InChI is InChI=1S/C15H17N3/c1-11-7-8-14(10-12(11)2)13(3)17-18-15-6-4-5-9-16-15/h4-10H,1-3H3,(H,16,18). The zero-order chi connectivity index (χ0) is 13.0. The second-order valence-electron chi connectivity index (χ2n) is 4.32. The number of aromatic nitrogens is 1. The normalized spacial score (nSPS) is 11.4. The molecule has 0 saturated carbocycles. The Morgan fingerprint density at radius 3 is 2.61 bits per heavy atom. The van der Waals surface area contributed by atoms with E-state index in [1.54, 1.807) is 6.20 Å². The van der Waals surface area contributed by atoms with E-state index in [4.69, 9.17) is 0 Å².